The van der Waals surface area contributed by atoms with Gasteiger partial charge in [-0.15, -0.1) is 0 Å². The van der Waals surface area contributed by atoms with Gasteiger partial charge in [-0.25, -0.2) is 0 Å². The van der Waals surface area contributed by atoms with Gasteiger partial charge in [0.05, 0.1) is 5.69 Å². The second-order valence-electron chi connectivity index (χ2n) is 4.57. The average molecular weight is 243 g/mol. The second-order valence-corrected chi connectivity index (χ2v) is 4.57. The molecule has 0 atom stereocenters. The van der Waals surface area contributed by atoms with Gasteiger partial charge < -0.3 is 9.88 Å². The quantitative estimate of drug-likeness (QED) is 0.875. The number of aromatic nitrogens is 2. The van der Waals surface area contributed by atoms with Gasteiger partial charge >= 0.3 is 0 Å². The minimum atomic E-state index is 0.816. The van der Waals surface area contributed by atoms with E-state index in [9.17, 15) is 0 Å². The number of nitrogens with zero attached hydrogens (tertiary/aromatic N) is 2. The van der Waals surface area contributed by atoms with Crippen LogP contribution in [-0.4, -0.2) is 9.55 Å². The van der Waals surface area contributed by atoms with Crippen molar-refractivity contribution in [2.24, 2.45) is 0 Å². The standard InChI is InChI=1S/C15H21N3/c1-4-18-12(2)9-14(13(18)3)10-16-11-15-7-5-6-8-17-15/h5-9,16H,4,10-11H2,1-3H3. The van der Waals surface area contributed by atoms with Gasteiger partial charge in [0.2, 0.25) is 0 Å². The molecule has 0 aliphatic rings. The molecule has 96 valence electrons. The molecule has 2 rings (SSSR count). The van der Waals surface area contributed by atoms with Crippen molar-refractivity contribution in [3.8, 4) is 0 Å². The van der Waals surface area contributed by atoms with Crippen molar-refractivity contribution in [2.45, 2.75) is 40.4 Å². The molecule has 0 aromatic carbocycles. The molecule has 0 bridgehead atoms. The van der Waals surface area contributed by atoms with Gasteiger partial charge in [-0.1, -0.05) is 6.07 Å². The summed E-state index contributed by atoms with van der Waals surface area (Å²) < 4.78 is 2.35. The van der Waals surface area contributed by atoms with Gasteiger partial charge in [-0.05, 0) is 44.5 Å². The van der Waals surface area contributed by atoms with Crippen LogP contribution < -0.4 is 5.32 Å². The van der Waals surface area contributed by atoms with Crippen molar-refractivity contribution in [2.75, 3.05) is 0 Å². The van der Waals surface area contributed by atoms with Gasteiger partial charge in [-0.3, -0.25) is 4.98 Å². The van der Waals surface area contributed by atoms with Gasteiger partial charge in [0.15, 0.2) is 0 Å². The lowest BCUT2D eigenvalue weighted by molar-refractivity contribution is 0.666. The Bertz CT molecular complexity index is 500. The largest absolute Gasteiger partial charge is 0.349 e. The van der Waals surface area contributed by atoms with Crippen LogP contribution in [0.25, 0.3) is 0 Å². The summed E-state index contributed by atoms with van der Waals surface area (Å²) in [6.07, 6.45) is 1.83. The Morgan fingerprint density at radius 2 is 2.06 bits per heavy atom. The Morgan fingerprint density at radius 3 is 2.67 bits per heavy atom. The zero-order chi connectivity index (χ0) is 13.0. The third-order valence-electron chi connectivity index (χ3n) is 3.34. The third-order valence-corrected chi connectivity index (χ3v) is 3.34. The molecule has 0 saturated carbocycles. The van der Waals surface area contributed by atoms with Crippen LogP contribution in [0.2, 0.25) is 0 Å². The summed E-state index contributed by atoms with van der Waals surface area (Å²) in [5, 5.41) is 3.45. The molecule has 2 aromatic rings. The van der Waals surface area contributed by atoms with Crippen LogP contribution in [0.3, 0.4) is 0 Å². The summed E-state index contributed by atoms with van der Waals surface area (Å²) in [5.74, 6) is 0. The number of pyridine rings is 1. The normalized spacial score (nSPS) is 10.8. The lowest BCUT2D eigenvalue weighted by Crippen LogP contribution is -2.14. The molecule has 3 nitrogen and oxygen atoms in total. The van der Waals surface area contributed by atoms with Crippen LogP contribution >= 0.6 is 0 Å². The number of rotatable bonds is 5. The lowest BCUT2D eigenvalue weighted by Gasteiger charge is -2.07. The molecule has 0 radical (unpaired) electrons. The SMILES string of the molecule is CCn1c(C)cc(CNCc2ccccn2)c1C. The molecule has 0 fully saturated rings. The molecular formula is C15H21N3. The van der Waals surface area contributed by atoms with E-state index in [1.807, 2.05) is 24.4 Å². The molecular weight excluding hydrogens is 222 g/mol. The molecule has 0 amide bonds. The van der Waals surface area contributed by atoms with Gasteiger partial charge in [-0.2, -0.15) is 0 Å². The fraction of sp³-hybridized carbons (Fsp3) is 0.400. The Kier molecular flexibility index (Phi) is 4.15. The fourth-order valence-corrected chi connectivity index (χ4v) is 2.37. The molecule has 0 saturated heterocycles. The molecule has 2 aromatic heterocycles. The van der Waals surface area contributed by atoms with E-state index in [0.717, 1.165) is 25.3 Å². The first-order chi connectivity index (χ1) is 8.72. The van der Waals surface area contributed by atoms with E-state index in [1.54, 1.807) is 0 Å². The van der Waals surface area contributed by atoms with E-state index in [2.05, 4.69) is 41.7 Å². The molecule has 0 spiro atoms. The molecule has 0 unspecified atom stereocenters. The van der Waals surface area contributed by atoms with E-state index >= 15 is 0 Å². The van der Waals surface area contributed by atoms with Crippen molar-refractivity contribution in [3.63, 3.8) is 0 Å². The lowest BCUT2D eigenvalue weighted by atomic mass is 10.2. The van der Waals surface area contributed by atoms with E-state index in [1.165, 1.54) is 17.0 Å². The highest BCUT2D eigenvalue weighted by molar-refractivity contribution is 5.26. The molecule has 0 aliphatic carbocycles. The predicted octanol–water partition coefficient (Wildman–Crippen LogP) is 2.81. The zero-order valence-electron chi connectivity index (χ0n) is 11.4. The Morgan fingerprint density at radius 1 is 1.22 bits per heavy atom. The van der Waals surface area contributed by atoms with Crippen molar-refractivity contribution < 1.29 is 0 Å². The summed E-state index contributed by atoms with van der Waals surface area (Å²) in [6, 6.07) is 8.28. The summed E-state index contributed by atoms with van der Waals surface area (Å²) in [6.45, 7) is 9.29. The monoisotopic (exact) mass is 243 g/mol. The van der Waals surface area contributed by atoms with Crippen LogP contribution in [0.15, 0.2) is 30.5 Å². The first kappa shape index (κ1) is 12.8. The molecule has 3 heteroatoms. The van der Waals surface area contributed by atoms with Crippen LogP contribution in [0.4, 0.5) is 0 Å². The Hall–Kier alpha value is -1.61. The summed E-state index contributed by atoms with van der Waals surface area (Å²) in [7, 11) is 0. The Labute approximate surface area is 109 Å². The van der Waals surface area contributed by atoms with Gasteiger partial charge in [0, 0.05) is 37.2 Å². The average Bonchev–Trinajstić information content (AvgIpc) is 2.65. The Balaban J connectivity index is 1.95. The number of aryl methyl sites for hydroxylation is 1. The molecule has 1 N–H and O–H groups in total. The van der Waals surface area contributed by atoms with Crippen LogP contribution in [-0.2, 0) is 19.6 Å². The molecule has 0 aliphatic heterocycles. The third kappa shape index (κ3) is 2.79. The number of nitrogens with one attached hydrogen (secondary N) is 1. The number of hydrogen-bond acceptors (Lipinski definition) is 2. The zero-order valence-corrected chi connectivity index (χ0v) is 11.4. The summed E-state index contributed by atoms with van der Waals surface area (Å²) in [4.78, 5) is 4.30. The number of hydrogen-bond donors (Lipinski definition) is 1. The van der Waals surface area contributed by atoms with E-state index < -0.39 is 0 Å². The van der Waals surface area contributed by atoms with Crippen molar-refractivity contribution >= 4 is 0 Å². The maximum atomic E-state index is 4.30. The first-order valence-corrected chi connectivity index (χ1v) is 6.48. The highest BCUT2D eigenvalue weighted by Crippen LogP contribution is 2.14. The van der Waals surface area contributed by atoms with Crippen LogP contribution in [0.1, 0.15) is 29.6 Å². The van der Waals surface area contributed by atoms with Gasteiger partial charge in [0.25, 0.3) is 0 Å². The molecule has 18 heavy (non-hydrogen) atoms. The fourth-order valence-electron chi connectivity index (χ4n) is 2.37. The topological polar surface area (TPSA) is 29.9 Å². The van der Waals surface area contributed by atoms with Gasteiger partial charge in [0.1, 0.15) is 0 Å². The van der Waals surface area contributed by atoms with E-state index in [0.29, 0.717) is 0 Å². The van der Waals surface area contributed by atoms with E-state index in [-0.39, 0.29) is 0 Å². The predicted molar refractivity (Wildman–Crippen MR) is 74.4 cm³/mol. The minimum Gasteiger partial charge on any atom is -0.349 e. The maximum absolute atomic E-state index is 4.30. The minimum absolute atomic E-state index is 0.816. The molecule has 2 heterocycles. The summed E-state index contributed by atoms with van der Waals surface area (Å²) in [5.41, 5.74) is 5.17. The first-order valence-electron chi connectivity index (χ1n) is 6.48. The van der Waals surface area contributed by atoms with E-state index in [4.69, 9.17) is 0 Å². The van der Waals surface area contributed by atoms with Crippen molar-refractivity contribution in [1.29, 1.82) is 0 Å². The van der Waals surface area contributed by atoms with Crippen LogP contribution in [0, 0.1) is 13.8 Å². The highest BCUT2D eigenvalue weighted by Gasteiger charge is 2.06. The summed E-state index contributed by atoms with van der Waals surface area (Å²) >= 11 is 0. The van der Waals surface area contributed by atoms with Crippen LogP contribution in [0.5, 0.6) is 0 Å². The second kappa shape index (κ2) is 5.83. The maximum Gasteiger partial charge on any atom is 0.0541 e. The highest BCUT2D eigenvalue weighted by atomic mass is 15.0. The van der Waals surface area contributed by atoms with Crippen molar-refractivity contribution in [1.82, 2.24) is 14.9 Å². The van der Waals surface area contributed by atoms with Crippen molar-refractivity contribution in [3.05, 3.63) is 53.1 Å². The smallest absolute Gasteiger partial charge is 0.0541 e.